The number of aliphatic hydroxyl groups is 1. The van der Waals surface area contributed by atoms with Gasteiger partial charge in [-0.1, -0.05) is 13.8 Å². The van der Waals surface area contributed by atoms with Crippen LogP contribution >= 0.6 is 0 Å². The Kier molecular flexibility index (Phi) is 3.97. The van der Waals surface area contributed by atoms with Gasteiger partial charge in [-0.3, -0.25) is 14.6 Å². The van der Waals surface area contributed by atoms with Gasteiger partial charge in [0.2, 0.25) is 0 Å². The molecule has 0 aromatic heterocycles. The van der Waals surface area contributed by atoms with E-state index in [1.165, 1.54) is 0 Å². The summed E-state index contributed by atoms with van der Waals surface area (Å²) in [5, 5.41) is 8.65. The van der Waals surface area contributed by atoms with Crippen LogP contribution in [0.25, 0.3) is 0 Å². The Balaban J connectivity index is 2.82. The lowest BCUT2D eigenvalue weighted by Gasteiger charge is -2.31. The summed E-state index contributed by atoms with van der Waals surface area (Å²) in [6, 6.07) is 0. The van der Waals surface area contributed by atoms with Gasteiger partial charge in [-0.05, 0) is 12.3 Å². The van der Waals surface area contributed by atoms with Crippen LogP contribution < -0.4 is 0 Å². The van der Waals surface area contributed by atoms with Crippen LogP contribution in [0, 0.1) is 11.3 Å². The first kappa shape index (κ1) is 13.0. The molecule has 0 saturated heterocycles. The topological polar surface area (TPSA) is 66.7 Å². The van der Waals surface area contributed by atoms with Crippen molar-refractivity contribution in [3.8, 4) is 0 Å². The molecule has 0 radical (unpaired) electrons. The second-order valence-electron chi connectivity index (χ2n) is 5.13. The maximum Gasteiger partial charge on any atom is 0.149 e. The highest BCUT2D eigenvalue weighted by Gasteiger charge is 2.40. The van der Waals surface area contributed by atoms with E-state index in [-0.39, 0.29) is 30.1 Å². The fourth-order valence-corrected chi connectivity index (χ4v) is 2.17. The Bertz CT molecular complexity index is 311. The minimum atomic E-state index is -0.667. The number of aliphatic hydroxyl groups excluding tert-OH is 1. The van der Waals surface area contributed by atoms with E-state index in [2.05, 4.69) is 4.99 Å². The van der Waals surface area contributed by atoms with Crippen molar-refractivity contribution in [1.82, 2.24) is 0 Å². The van der Waals surface area contributed by atoms with Gasteiger partial charge in [-0.25, -0.2) is 0 Å². The van der Waals surface area contributed by atoms with E-state index < -0.39 is 5.92 Å². The van der Waals surface area contributed by atoms with E-state index in [0.717, 1.165) is 0 Å². The van der Waals surface area contributed by atoms with Crippen LogP contribution in [0.1, 0.15) is 33.6 Å². The normalized spacial score (nSPS) is 22.6. The second-order valence-corrected chi connectivity index (χ2v) is 5.13. The van der Waals surface area contributed by atoms with Crippen LogP contribution in [0.4, 0.5) is 0 Å². The fourth-order valence-electron chi connectivity index (χ4n) is 2.17. The largest absolute Gasteiger partial charge is 0.394 e. The van der Waals surface area contributed by atoms with Gasteiger partial charge in [-0.15, -0.1) is 0 Å². The fraction of sp³-hybridized carbons (Fsp3) is 0.750. The molecule has 0 heterocycles. The maximum absolute atomic E-state index is 11.9. The molecule has 16 heavy (non-hydrogen) atoms. The van der Waals surface area contributed by atoms with Crippen molar-refractivity contribution in [2.24, 2.45) is 16.3 Å². The smallest absolute Gasteiger partial charge is 0.149 e. The number of carbonyl (C=O) groups excluding carboxylic acids is 2. The van der Waals surface area contributed by atoms with E-state index in [1.54, 1.807) is 6.92 Å². The lowest BCUT2D eigenvalue weighted by Crippen LogP contribution is -2.41. The molecule has 0 bridgehead atoms. The third kappa shape index (κ3) is 2.98. The lowest BCUT2D eigenvalue weighted by atomic mass is 9.70. The Labute approximate surface area is 95.8 Å². The number of carbonyl (C=O) groups is 2. The van der Waals surface area contributed by atoms with Gasteiger partial charge in [0.15, 0.2) is 0 Å². The molecule has 4 heteroatoms. The van der Waals surface area contributed by atoms with Gasteiger partial charge in [0, 0.05) is 18.6 Å². The second kappa shape index (κ2) is 4.87. The quantitative estimate of drug-likeness (QED) is 0.576. The summed E-state index contributed by atoms with van der Waals surface area (Å²) < 4.78 is 0. The lowest BCUT2D eigenvalue weighted by molar-refractivity contribution is -0.136. The van der Waals surface area contributed by atoms with E-state index in [4.69, 9.17) is 5.11 Å². The molecule has 0 atom stereocenters. The predicted molar refractivity (Wildman–Crippen MR) is 61.6 cm³/mol. The number of aliphatic imine (C=N–C) groups is 1. The minimum Gasteiger partial charge on any atom is -0.394 e. The summed E-state index contributed by atoms with van der Waals surface area (Å²) >= 11 is 0. The third-order valence-electron chi connectivity index (χ3n) is 2.83. The minimum absolute atomic E-state index is 0.0413. The molecule has 1 rings (SSSR count). The number of Topliss-reactive ketones (excluding diaryl/α,β-unsaturated/α-hetero) is 2. The van der Waals surface area contributed by atoms with E-state index in [0.29, 0.717) is 18.6 Å². The van der Waals surface area contributed by atoms with Gasteiger partial charge in [0.05, 0.1) is 13.2 Å². The van der Waals surface area contributed by atoms with Gasteiger partial charge in [-0.2, -0.15) is 0 Å². The molecule has 4 nitrogen and oxygen atoms in total. The predicted octanol–water partition coefficient (Wildman–Crippen LogP) is 1.01. The first-order chi connectivity index (χ1) is 7.37. The molecule has 1 aliphatic carbocycles. The van der Waals surface area contributed by atoms with Gasteiger partial charge >= 0.3 is 0 Å². The monoisotopic (exact) mass is 225 g/mol. The van der Waals surface area contributed by atoms with Crippen LogP contribution in [0.2, 0.25) is 0 Å². The number of rotatable bonds is 3. The molecule has 1 fully saturated rings. The summed E-state index contributed by atoms with van der Waals surface area (Å²) in [7, 11) is 0. The van der Waals surface area contributed by atoms with Crippen LogP contribution in [0.5, 0.6) is 0 Å². The Morgan fingerprint density at radius 1 is 1.38 bits per heavy atom. The maximum atomic E-state index is 11.9. The summed E-state index contributed by atoms with van der Waals surface area (Å²) in [4.78, 5) is 27.8. The van der Waals surface area contributed by atoms with Crippen LogP contribution in [0.3, 0.4) is 0 Å². The zero-order valence-corrected chi connectivity index (χ0v) is 10.1. The molecule has 1 aliphatic rings. The van der Waals surface area contributed by atoms with Gasteiger partial charge in [0.1, 0.15) is 17.5 Å². The first-order valence-corrected chi connectivity index (χ1v) is 5.54. The highest BCUT2D eigenvalue weighted by molar-refractivity contribution is 6.21. The molecule has 90 valence electrons. The summed E-state index contributed by atoms with van der Waals surface area (Å²) in [6.07, 6.45) is 0.852. The molecule has 0 unspecified atom stereocenters. The summed E-state index contributed by atoms with van der Waals surface area (Å²) in [6.45, 7) is 5.75. The van der Waals surface area contributed by atoms with Gasteiger partial charge in [0.25, 0.3) is 0 Å². The third-order valence-corrected chi connectivity index (χ3v) is 2.83. The molecule has 0 spiro atoms. The Morgan fingerprint density at radius 3 is 2.31 bits per heavy atom. The van der Waals surface area contributed by atoms with E-state index in [9.17, 15) is 9.59 Å². The molecule has 0 amide bonds. The summed E-state index contributed by atoms with van der Waals surface area (Å²) in [5.41, 5.74) is 0.321. The zero-order chi connectivity index (χ0) is 12.3. The molecule has 1 saturated carbocycles. The Hall–Kier alpha value is -1.03. The van der Waals surface area contributed by atoms with Crippen molar-refractivity contribution < 1.29 is 14.7 Å². The van der Waals surface area contributed by atoms with Crippen LogP contribution in [-0.2, 0) is 9.59 Å². The Morgan fingerprint density at radius 2 is 1.88 bits per heavy atom. The van der Waals surface area contributed by atoms with Crippen LogP contribution in [0.15, 0.2) is 4.99 Å². The molecular formula is C12H19NO3. The average Bonchev–Trinajstić information content (AvgIpc) is 2.11. The van der Waals surface area contributed by atoms with Crippen molar-refractivity contribution >= 4 is 17.3 Å². The van der Waals surface area contributed by atoms with Gasteiger partial charge < -0.3 is 5.11 Å². The highest BCUT2D eigenvalue weighted by Crippen LogP contribution is 2.34. The first-order valence-electron chi connectivity index (χ1n) is 5.54. The SMILES string of the molecule is CC(=NCCO)C1C(=O)CC(C)(C)CC1=O. The molecule has 0 aromatic rings. The zero-order valence-electron chi connectivity index (χ0n) is 10.1. The molecule has 0 aliphatic heterocycles. The molecular weight excluding hydrogens is 206 g/mol. The standard InChI is InChI=1S/C12H19NO3/c1-8(13-4-5-14)11-9(15)6-12(2,3)7-10(11)16/h11,14H,4-7H2,1-3H3. The van der Waals surface area contributed by atoms with E-state index in [1.807, 2.05) is 13.8 Å². The number of hydrogen-bond acceptors (Lipinski definition) is 4. The molecule has 0 aromatic carbocycles. The molecule has 1 N–H and O–H groups in total. The number of hydrogen-bond donors (Lipinski definition) is 1. The number of ketones is 2. The van der Waals surface area contributed by atoms with Crippen LogP contribution in [-0.4, -0.2) is 35.5 Å². The van der Waals surface area contributed by atoms with Crippen molar-refractivity contribution in [3.63, 3.8) is 0 Å². The van der Waals surface area contributed by atoms with Crippen molar-refractivity contribution in [2.75, 3.05) is 13.2 Å². The number of nitrogens with zero attached hydrogens (tertiary/aromatic N) is 1. The average molecular weight is 225 g/mol. The van der Waals surface area contributed by atoms with E-state index >= 15 is 0 Å². The highest BCUT2D eigenvalue weighted by atomic mass is 16.3. The van der Waals surface area contributed by atoms with Crippen molar-refractivity contribution in [2.45, 2.75) is 33.6 Å². The van der Waals surface area contributed by atoms with Crippen molar-refractivity contribution in [1.29, 1.82) is 0 Å². The summed E-state index contributed by atoms with van der Waals surface area (Å²) in [5.74, 6) is -0.750. The van der Waals surface area contributed by atoms with Crippen molar-refractivity contribution in [3.05, 3.63) is 0 Å².